The molecule has 0 aliphatic heterocycles. The normalized spacial score (nSPS) is 11.8. The van der Waals surface area contributed by atoms with E-state index in [9.17, 15) is 9.59 Å². The molecule has 2 rings (SSSR count). The van der Waals surface area contributed by atoms with Crippen molar-refractivity contribution in [1.29, 1.82) is 0 Å². The number of ether oxygens (including phenoxy) is 1. The van der Waals surface area contributed by atoms with Gasteiger partial charge in [0.25, 0.3) is 0 Å². The molecule has 0 N–H and O–H groups in total. The minimum absolute atomic E-state index is 0.225. The van der Waals surface area contributed by atoms with E-state index in [1.54, 1.807) is 13.0 Å². The highest BCUT2D eigenvalue weighted by atomic mass is 35.5. The zero-order valence-corrected chi connectivity index (χ0v) is 13.3. The van der Waals surface area contributed by atoms with Crippen LogP contribution in [0.1, 0.15) is 38.8 Å². The fourth-order valence-electron chi connectivity index (χ4n) is 2.00. The lowest BCUT2D eigenvalue weighted by molar-refractivity contribution is 0.0318. The molecule has 0 saturated carbocycles. The number of pyridine rings is 1. The lowest BCUT2D eigenvalue weighted by atomic mass is 9.99. The fraction of sp³-hybridized carbons (Fsp3) is 0.235. The number of benzene rings is 1. The van der Waals surface area contributed by atoms with Crippen molar-refractivity contribution in [2.45, 2.75) is 26.9 Å². The van der Waals surface area contributed by atoms with Crippen molar-refractivity contribution < 1.29 is 14.3 Å². The van der Waals surface area contributed by atoms with Crippen LogP contribution in [0.15, 0.2) is 36.5 Å². The predicted molar refractivity (Wildman–Crippen MR) is 84.4 cm³/mol. The molecule has 0 spiro atoms. The molecule has 0 aliphatic rings. The van der Waals surface area contributed by atoms with Crippen molar-refractivity contribution >= 4 is 23.4 Å². The first-order valence-corrected chi connectivity index (χ1v) is 7.20. The maximum absolute atomic E-state index is 12.4. The molecule has 1 aromatic carbocycles. The van der Waals surface area contributed by atoms with Gasteiger partial charge in [-0.2, -0.15) is 0 Å². The number of nitrogens with zero attached hydrogens (tertiary/aromatic N) is 1. The standard InChI is InChI=1S/C17H16ClNO3/c1-10-4-5-11(2)14(8-10)16(20)12(3)22-17(21)13-6-7-15(18)19-9-13/h4-9,12H,1-3H3/t12-/m1/s1. The lowest BCUT2D eigenvalue weighted by Gasteiger charge is -2.14. The second kappa shape index (κ2) is 6.71. The summed E-state index contributed by atoms with van der Waals surface area (Å²) in [7, 11) is 0. The summed E-state index contributed by atoms with van der Waals surface area (Å²) >= 11 is 5.67. The molecule has 0 saturated heterocycles. The fourth-order valence-corrected chi connectivity index (χ4v) is 2.11. The van der Waals surface area contributed by atoms with E-state index in [1.165, 1.54) is 18.3 Å². The lowest BCUT2D eigenvalue weighted by Crippen LogP contribution is -2.25. The van der Waals surface area contributed by atoms with Gasteiger partial charge in [-0.15, -0.1) is 0 Å². The Kier molecular flexibility index (Phi) is 4.93. The van der Waals surface area contributed by atoms with Gasteiger partial charge in [-0.1, -0.05) is 29.3 Å². The van der Waals surface area contributed by atoms with Gasteiger partial charge in [-0.3, -0.25) is 4.79 Å². The van der Waals surface area contributed by atoms with E-state index in [-0.39, 0.29) is 16.5 Å². The second-order valence-corrected chi connectivity index (χ2v) is 5.49. The van der Waals surface area contributed by atoms with E-state index in [0.717, 1.165) is 11.1 Å². The molecule has 4 nitrogen and oxygen atoms in total. The third kappa shape index (κ3) is 3.71. The van der Waals surface area contributed by atoms with Gasteiger partial charge in [0.15, 0.2) is 6.10 Å². The van der Waals surface area contributed by atoms with E-state index < -0.39 is 12.1 Å². The van der Waals surface area contributed by atoms with E-state index in [4.69, 9.17) is 16.3 Å². The molecule has 0 fully saturated rings. The third-order valence-electron chi connectivity index (χ3n) is 3.27. The molecule has 0 radical (unpaired) electrons. The molecule has 0 bridgehead atoms. The smallest absolute Gasteiger partial charge is 0.340 e. The minimum atomic E-state index is -0.872. The van der Waals surface area contributed by atoms with Crippen LogP contribution in [0.25, 0.3) is 0 Å². The molecule has 1 aromatic heterocycles. The molecule has 5 heteroatoms. The summed E-state index contributed by atoms with van der Waals surface area (Å²) in [6, 6.07) is 8.61. The zero-order chi connectivity index (χ0) is 16.3. The monoisotopic (exact) mass is 317 g/mol. The number of carbonyl (C=O) groups excluding carboxylic acids is 2. The van der Waals surface area contributed by atoms with Crippen molar-refractivity contribution in [1.82, 2.24) is 4.98 Å². The topological polar surface area (TPSA) is 56.3 Å². The van der Waals surface area contributed by atoms with E-state index >= 15 is 0 Å². The van der Waals surface area contributed by atoms with Crippen molar-refractivity contribution in [2.24, 2.45) is 0 Å². The first kappa shape index (κ1) is 16.2. The Hall–Kier alpha value is -2.20. The van der Waals surface area contributed by atoms with Gasteiger partial charge in [-0.25, -0.2) is 9.78 Å². The summed E-state index contributed by atoms with van der Waals surface area (Å²) in [5.41, 5.74) is 2.65. The first-order chi connectivity index (χ1) is 10.4. The van der Waals surface area contributed by atoms with Crippen LogP contribution in [0.2, 0.25) is 5.15 Å². The quantitative estimate of drug-likeness (QED) is 0.489. The van der Waals surface area contributed by atoms with Gasteiger partial charge in [0.1, 0.15) is 5.15 Å². The summed E-state index contributed by atoms with van der Waals surface area (Å²) in [5.74, 6) is -0.827. The van der Waals surface area contributed by atoms with Crippen LogP contribution in [-0.2, 0) is 4.74 Å². The number of esters is 1. The summed E-state index contributed by atoms with van der Waals surface area (Å²) in [6.07, 6.45) is 0.448. The van der Waals surface area contributed by atoms with Crippen molar-refractivity contribution in [3.63, 3.8) is 0 Å². The number of carbonyl (C=O) groups is 2. The molecule has 0 amide bonds. The summed E-state index contributed by atoms with van der Waals surface area (Å²) in [5, 5.41) is 0.288. The molecule has 2 aromatic rings. The Morgan fingerprint density at radius 3 is 2.55 bits per heavy atom. The first-order valence-electron chi connectivity index (χ1n) is 6.82. The highest BCUT2D eigenvalue weighted by molar-refractivity contribution is 6.29. The maximum atomic E-state index is 12.4. The van der Waals surface area contributed by atoms with Crippen molar-refractivity contribution in [2.75, 3.05) is 0 Å². The maximum Gasteiger partial charge on any atom is 0.340 e. The molecule has 1 atom stereocenters. The summed E-state index contributed by atoms with van der Waals surface area (Å²) < 4.78 is 5.22. The zero-order valence-electron chi connectivity index (χ0n) is 12.6. The van der Waals surface area contributed by atoms with Crippen LogP contribution in [0.5, 0.6) is 0 Å². The molecular formula is C17H16ClNO3. The number of hydrogen-bond donors (Lipinski definition) is 0. The highest BCUT2D eigenvalue weighted by Gasteiger charge is 2.22. The summed E-state index contributed by atoms with van der Waals surface area (Å²) in [6.45, 7) is 5.32. The number of rotatable bonds is 4. The van der Waals surface area contributed by atoms with Gasteiger partial charge in [0.05, 0.1) is 5.56 Å². The number of aryl methyl sites for hydroxylation is 2. The average Bonchev–Trinajstić information content (AvgIpc) is 2.49. The molecule has 114 valence electrons. The molecular weight excluding hydrogens is 302 g/mol. The Bertz CT molecular complexity index is 710. The van der Waals surface area contributed by atoms with Crippen LogP contribution in [0.3, 0.4) is 0 Å². The minimum Gasteiger partial charge on any atom is -0.451 e. The molecule has 0 aliphatic carbocycles. The van der Waals surface area contributed by atoms with Crippen LogP contribution in [0.4, 0.5) is 0 Å². The van der Waals surface area contributed by atoms with Crippen molar-refractivity contribution in [3.05, 3.63) is 63.9 Å². The van der Waals surface area contributed by atoms with Gasteiger partial charge in [-0.05, 0) is 44.5 Å². The number of hydrogen-bond acceptors (Lipinski definition) is 4. The van der Waals surface area contributed by atoms with E-state index in [2.05, 4.69) is 4.98 Å². The highest BCUT2D eigenvalue weighted by Crippen LogP contribution is 2.15. The Morgan fingerprint density at radius 2 is 1.91 bits per heavy atom. The Balaban J connectivity index is 2.12. The largest absolute Gasteiger partial charge is 0.451 e. The van der Waals surface area contributed by atoms with Crippen LogP contribution in [-0.4, -0.2) is 22.8 Å². The number of ketones is 1. The number of halogens is 1. The van der Waals surface area contributed by atoms with Crippen LogP contribution < -0.4 is 0 Å². The van der Waals surface area contributed by atoms with Crippen LogP contribution >= 0.6 is 11.6 Å². The van der Waals surface area contributed by atoms with E-state index in [0.29, 0.717) is 5.56 Å². The van der Waals surface area contributed by atoms with Crippen molar-refractivity contribution in [3.8, 4) is 0 Å². The number of Topliss-reactive ketones (excluding diaryl/α,β-unsaturated/α-hetero) is 1. The predicted octanol–water partition coefficient (Wildman–Crippen LogP) is 3.78. The summed E-state index contributed by atoms with van der Waals surface area (Å²) in [4.78, 5) is 28.2. The Morgan fingerprint density at radius 1 is 1.18 bits per heavy atom. The SMILES string of the molecule is Cc1ccc(C)c(C(=O)[C@@H](C)OC(=O)c2ccc(Cl)nc2)c1. The third-order valence-corrected chi connectivity index (χ3v) is 3.50. The van der Waals surface area contributed by atoms with Gasteiger partial charge < -0.3 is 4.74 Å². The Labute approximate surface area is 134 Å². The molecule has 1 heterocycles. The van der Waals surface area contributed by atoms with E-state index in [1.807, 2.05) is 26.0 Å². The second-order valence-electron chi connectivity index (χ2n) is 5.10. The molecule has 22 heavy (non-hydrogen) atoms. The van der Waals surface area contributed by atoms with Crippen LogP contribution in [0, 0.1) is 13.8 Å². The van der Waals surface area contributed by atoms with Gasteiger partial charge >= 0.3 is 5.97 Å². The van der Waals surface area contributed by atoms with Gasteiger partial charge in [0.2, 0.25) is 5.78 Å². The number of aromatic nitrogens is 1. The average molecular weight is 318 g/mol. The van der Waals surface area contributed by atoms with Gasteiger partial charge in [0, 0.05) is 11.8 Å². The molecule has 0 unspecified atom stereocenters.